The highest BCUT2D eigenvalue weighted by Gasteiger charge is 2.31. The average Bonchev–Trinajstić information content (AvgIpc) is 3.11. The van der Waals surface area contributed by atoms with Gasteiger partial charge in [-0.15, -0.1) is 0 Å². The smallest absolute Gasteiger partial charge is 0.235 e. The zero-order chi connectivity index (χ0) is 13.1. The molecule has 1 aromatic heterocycles. The van der Waals surface area contributed by atoms with Crippen LogP contribution in [0.4, 0.5) is 0 Å². The van der Waals surface area contributed by atoms with Crippen molar-refractivity contribution in [1.29, 1.82) is 0 Å². The number of ether oxygens (including phenoxy) is 1. The molecule has 1 aliphatic heterocycles. The Kier molecular flexibility index (Phi) is 3.51. The lowest BCUT2D eigenvalue weighted by molar-refractivity contribution is 0.114. The number of hydrogen-bond donors (Lipinski definition) is 1. The summed E-state index contributed by atoms with van der Waals surface area (Å²) in [5.41, 5.74) is 1.22. The highest BCUT2D eigenvalue weighted by atomic mass is 16.5. The van der Waals surface area contributed by atoms with E-state index in [9.17, 15) is 0 Å². The fourth-order valence-corrected chi connectivity index (χ4v) is 2.42. The van der Waals surface area contributed by atoms with Gasteiger partial charge in [0, 0.05) is 12.5 Å². The van der Waals surface area contributed by atoms with E-state index in [0.717, 1.165) is 25.3 Å². The molecule has 1 saturated heterocycles. The van der Waals surface area contributed by atoms with Gasteiger partial charge in [-0.25, -0.2) is 4.98 Å². The molecular weight excluding hydrogens is 240 g/mol. The van der Waals surface area contributed by atoms with Crippen LogP contribution in [-0.4, -0.2) is 18.1 Å². The molecule has 2 atom stereocenters. The molecule has 100 valence electrons. The molecule has 0 aliphatic carbocycles. The van der Waals surface area contributed by atoms with Gasteiger partial charge in [-0.05, 0) is 32.0 Å². The Labute approximate surface area is 112 Å². The minimum Gasteiger partial charge on any atom is -0.480 e. The van der Waals surface area contributed by atoms with Crippen LogP contribution < -0.4 is 10.1 Å². The number of benzene rings is 1. The van der Waals surface area contributed by atoms with Crippen LogP contribution in [0.2, 0.25) is 0 Å². The molecule has 3 rings (SSSR count). The summed E-state index contributed by atoms with van der Waals surface area (Å²) in [4.78, 5) is 4.26. The Morgan fingerprint density at radius 1 is 1.37 bits per heavy atom. The molecule has 0 radical (unpaired) electrons. The molecule has 2 aromatic rings. The first-order valence-corrected chi connectivity index (χ1v) is 6.66. The lowest BCUT2D eigenvalue weighted by Gasteiger charge is -2.21. The first kappa shape index (κ1) is 12.2. The molecule has 4 heteroatoms. The fraction of sp³-hybridized carbons (Fsp3) is 0.400. The maximum Gasteiger partial charge on any atom is 0.235 e. The Hall–Kier alpha value is -1.81. The Bertz CT molecular complexity index is 501. The van der Waals surface area contributed by atoms with E-state index in [1.54, 1.807) is 12.5 Å². The molecule has 1 N–H and O–H groups in total. The van der Waals surface area contributed by atoms with E-state index in [1.807, 2.05) is 12.1 Å². The topological polar surface area (TPSA) is 47.3 Å². The van der Waals surface area contributed by atoms with Gasteiger partial charge < -0.3 is 14.5 Å². The monoisotopic (exact) mass is 258 g/mol. The standard InChI is InChI=1S/C15H18N2O2/c1-11-2-4-13(5-3-11)19-14(12-6-7-16-10-12)15-17-8-9-18-15/h2-5,8-9,12,14,16H,6-7,10H2,1H3/t12-,14-/m1/s1. The summed E-state index contributed by atoms with van der Waals surface area (Å²) in [5, 5.41) is 3.36. The van der Waals surface area contributed by atoms with Crippen molar-refractivity contribution < 1.29 is 9.15 Å². The zero-order valence-electron chi connectivity index (χ0n) is 11.0. The summed E-state index contributed by atoms with van der Waals surface area (Å²) in [6.45, 7) is 4.04. The highest BCUT2D eigenvalue weighted by Crippen LogP contribution is 2.31. The van der Waals surface area contributed by atoms with Crippen LogP contribution in [0.15, 0.2) is 41.1 Å². The van der Waals surface area contributed by atoms with Gasteiger partial charge >= 0.3 is 0 Å². The molecule has 1 aliphatic rings. The van der Waals surface area contributed by atoms with Gasteiger partial charge in [0.1, 0.15) is 12.0 Å². The number of nitrogens with one attached hydrogen (secondary N) is 1. The van der Waals surface area contributed by atoms with E-state index < -0.39 is 0 Å². The van der Waals surface area contributed by atoms with Gasteiger partial charge in [-0.3, -0.25) is 0 Å². The number of aryl methyl sites for hydroxylation is 1. The van der Waals surface area contributed by atoms with Gasteiger partial charge in [0.05, 0.1) is 6.20 Å². The van der Waals surface area contributed by atoms with Crippen LogP contribution in [-0.2, 0) is 0 Å². The lowest BCUT2D eigenvalue weighted by atomic mass is 10.0. The fourth-order valence-electron chi connectivity index (χ4n) is 2.42. The Morgan fingerprint density at radius 3 is 2.84 bits per heavy atom. The van der Waals surface area contributed by atoms with E-state index in [1.165, 1.54) is 5.56 Å². The molecule has 2 heterocycles. The largest absolute Gasteiger partial charge is 0.480 e. The number of nitrogens with zero attached hydrogens (tertiary/aromatic N) is 1. The molecule has 0 amide bonds. The third-order valence-corrected chi connectivity index (χ3v) is 3.51. The molecule has 0 unspecified atom stereocenters. The maximum atomic E-state index is 6.10. The summed E-state index contributed by atoms with van der Waals surface area (Å²) >= 11 is 0. The molecule has 4 nitrogen and oxygen atoms in total. The number of aromatic nitrogens is 1. The van der Waals surface area contributed by atoms with Crippen molar-refractivity contribution in [2.24, 2.45) is 5.92 Å². The molecule has 19 heavy (non-hydrogen) atoms. The summed E-state index contributed by atoms with van der Waals surface area (Å²) < 4.78 is 11.5. The molecular formula is C15H18N2O2. The third-order valence-electron chi connectivity index (χ3n) is 3.51. The maximum absolute atomic E-state index is 6.10. The summed E-state index contributed by atoms with van der Waals surface area (Å²) in [5.74, 6) is 1.93. The number of rotatable bonds is 4. The van der Waals surface area contributed by atoms with Gasteiger partial charge in [0.25, 0.3) is 0 Å². The van der Waals surface area contributed by atoms with E-state index >= 15 is 0 Å². The van der Waals surface area contributed by atoms with Crippen molar-refractivity contribution in [2.75, 3.05) is 13.1 Å². The Balaban J connectivity index is 1.81. The molecule has 0 spiro atoms. The summed E-state index contributed by atoms with van der Waals surface area (Å²) in [6, 6.07) is 8.09. The minimum atomic E-state index is -0.118. The molecule has 0 saturated carbocycles. The van der Waals surface area contributed by atoms with Crippen molar-refractivity contribution in [3.8, 4) is 5.75 Å². The second kappa shape index (κ2) is 5.45. The SMILES string of the molecule is Cc1ccc(O[C@@H](c2ncco2)[C@@H]2CCNC2)cc1. The van der Waals surface area contributed by atoms with Crippen LogP contribution >= 0.6 is 0 Å². The van der Waals surface area contributed by atoms with Crippen molar-refractivity contribution in [3.05, 3.63) is 48.2 Å². The second-order valence-electron chi connectivity index (χ2n) is 4.97. The van der Waals surface area contributed by atoms with Crippen LogP contribution in [0, 0.1) is 12.8 Å². The predicted octanol–water partition coefficient (Wildman–Crippen LogP) is 2.71. The van der Waals surface area contributed by atoms with Crippen LogP contribution in [0.5, 0.6) is 5.75 Å². The summed E-state index contributed by atoms with van der Waals surface area (Å²) in [6.07, 6.45) is 4.23. The first-order chi connectivity index (χ1) is 9.33. The van der Waals surface area contributed by atoms with Crippen LogP contribution in [0.25, 0.3) is 0 Å². The molecule has 1 aromatic carbocycles. The molecule has 1 fully saturated rings. The van der Waals surface area contributed by atoms with Crippen LogP contribution in [0.3, 0.4) is 0 Å². The minimum absolute atomic E-state index is 0.118. The van der Waals surface area contributed by atoms with E-state index in [2.05, 4.69) is 29.4 Å². The van der Waals surface area contributed by atoms with Gasteiger partial charge in [0.15, 0.2) is 6.10 Å². The number of hydrogen-bond acceptors (Lipinski definition) is 4. The highest BCUT2D eigenvalue weighted by molar-refractivity contribution is 5.26. The Morgan fingerprint density at radius 2 is 2.21 bits per heavy atom. The van der Waals surface area contributed by atoms with Crippen LogP contribution in [0.1, 0.15) is 24.0 Å². The summed E-state index contributed by atoms with van der Waals surface area (Å²) in [7, 11) is 0. The second-order valence-corrected chi connectivity index (χ2v) is 4.97. The van der Waals surface area contributed by atoms with Gasteiger partial charge in [0.2, 0.25) is 5.89 Å². The van der Waals surface area contributed by atoms with E-state index in [0.29, 0.717) is 11.8 Å². The lowest BCUT2D eigenvalue weighted by Crippen LogP contribution is -2.21. The van der Waals surface area contributed by atoms with Crippen molar-refractivity contribution >= 4 is 0 Å². The first-order valence-electron chi connectivity index (χ1n) is 6.66. The van der Waals surface area contributed by atoms with Crippen molar-refractivity contribution in [3.63, 3.8) is 0 Å². The van der Waals surface area contributed by atoms with Gasteiger partial charge in [-0.1, -0.05) is 17.7 Å². The average molecular weight is 258 g/mol. The third kappa shape index (κ3) is 2.79. The van der Waals surface area contributed by atoms with E-state index in [4.69, 9.17) is 9.15 Å². The number of oxazole rings is 1. The van der Waals surface area contributed by atoms with Crippen molar-refractivity contribution in [1.82, 2.24) is 10.3 Å². The quantitative estimate of drug-likeness (QED) is 0.916. The van der Waals surface area contributed by atoms with Crippen molar-refractivity contribution in [2.45, 2.75) is 19.4 Å². The zero-order valence-corrected chi connectivity index (χ0v) is 11.0. The van der Waals surface area contributed by atoms with E-state index in [-0.39, 0.29) is 6.10 Å². The molecule has 0 bridgehead atoms. The van der Waals surface area contributed by atoms with Gasteiger partial charge in [-0.2, -0.15) is 0 Å². The normalized spacial score (nSPS) is 20.4. The predicted molar refractivity (Wildman–Crippen MR) is 72.0 cm³/mol.